The van der Waals surface area contributed by atoms with Gasteiger partial charge in [0.1, 0.15) is 11.4 Å². The summed E-state index contributed by atoms with van der Waals surface area (Å²) in [6.45, 7) is 5.25. The van der Waals surface area contributed by atoms with Crippen molar-refractivity contribution in [2.45, 2.75) is 38.9 Å². The van der Waals surface area contributed by atoms with E-state index >= 15 is 0 Å². The second kappa shape index (κ2) is 7.13. The van der Waals surface area contributed by atoms with E-state index in [0.717, 1.165) is 0 Å². The maximum absolute atomic E-state index is 11.7. The van der Waals surface area contributed by atoms with Crippen LogP contribution in [-0.4, -0.2) is 41.1 Å². The van der Waals surface area contributed by atoms with E-state index < -0.39 is 23.8 Å². The number of rotatable bonds is 5. The summed E-state index contributed by atoms with van der Waals surface area (Å²) < 4.78 is 10.3. The molecule has 0 spiro atoms. The van der Waals surface area contributed by atoms with Gasteiger partial charge in [-0.25, -0.2) is 9.59 Å². The minimum atomic E-state index is -1.49. The SMILES string of the molecule is COc1cc(CC(O)C(=O)O)ccc1NC(=O)OC(C)(C)C. The van der Waals surface area contributed by atoms with Crippen molar-refractivity contribution in [3.63, 3.8) is 0 Å². The zero-order valence-electron chi connectivity index (χ0n) is 13.0. The zero-order valence-corrected chi connectivity index (χ0v) is 13.0. The third-order valence-electron chi connectivity index (χ3n) is 2.62. The van der Waals surface area contributed by atoms with E-state index in [4.69, 9.17) is 14.6 Å². The van der Waals surface area contributed by atoms with Gasteiger partial charge in [0.2, 0.25) is 0 Å². The number of aliphatic hydroxyl groups excluding tert-OH is 1. The average molecular weight is 311 g/mol. The van der Waals surface area contributed by atoms with Crippen molar-refractivity contribution in [2.75, 3.05) is 12.4 Å². The lowest BCUT2D eigenvalue weighted by atomic mass is 10.1. The van der Waals surface area contributed by atoms with Crippen LogP contribution in [0.5, 0.6) is 5.75 Å². The largest absolute Gasteiger partial charge is 0.495 e. The van der Waals surface area contributed by atoms with Gasteiger partial charge in [-0.2, -0.15) is 0 Å². The minimum absolute atomic E-state index is 0.0571. The van der Waals surface area contributed by atoms with Gasteiger partial charge in [-0.15, -0.1) is 0 Å². The Hall–Kier alpha value is -2.28. The Labute approximate surface area is 128 Å². The van der Waals surface area contributed by atoms with Crippen LogP contribution in [0.4, 0.5) is 10.5 Å². The molecule has 0 saturated heterocycles. The molecule has 1 amide bonds. The summed E-state index contributed by atoms with van der Waals surface area (Å²) in [5, 5.41) is 20.6. The maximum Gasteiger partial charge on any atom is 0.412 e. The van der Waals surface area contributed by atoms with Crippen LogP contribution in [0.25, 0.3) is 0 Å². The third kappa shape index (κ3) is 5.61. The summed E-state index contributed by atoms with van der Waals surface area (Å²) in [6.07, 6.45) is -2.17. The van der Waals surface area contributed by atoms with E-state index in [1.807, 2.05) is 0 Å². The summed E-state index contributed by atoms with van der Waals surface area (Å²) in [7, 11) is 1.42. The molecular formula is C15H21NO6. The lowest BCUT2D eigenvalue weighted by Gasteiger charge is -2.20. The molecule has 1 rings (SSSR count). The quantitative estimate of drug-likeness (QED) is 0.768. The molecule has 22 heavy (non-hydrogen) atoms. The average Bonchev–Trinajstić information content (AvgIpc) is 2.38. The Morgan fingerprint density at radius 2 is 1.95 bits per heavy atom. The molecule has 0 fully saturated rings. The zero-order chi connectivity index (χ0) is 16.9. The molecule has 3 N–H and O–H groups in total. The number of carbonyl (C=O) groups is 2. The molecule has 1 aromatic rings. The first-order valence-corrected chi connectivity index (χ1v) is 6.70. The molecule has 1 aromatic carbocycles. The van der Waals surface area contributed by atoms with Crippen LogP contribution < -0.4 is 10.1 Å². The fourth-order valence-corrected chi connectivity index (χ4v) is 1.69. The number of hydrogen-bond donors (Lipinski definition) is 3. The molecule has 0 bridgehead atoms. The Kier molecular flexibility index (Phi) is 5.76. The van der Waals surface area contributed by atoms with Gasteiger partial charge in [0.05, 0.1) is 12.8 Å². The number of aliphatic carboxylic acids is 1. The number of aliphatic hydroxyl groups is 1. The highest BCUT2D eigenvalue weighted by atomic mass is 16.6. The Balaban J connectivity index is 2.85. The lowest BCUT2D eigenvalue weighted by molar-refractivity contribution is -0.146. The number of methoxy groups -OCH3 is 1. The van der Waals surface area contributed by atoms with Crippen LogP contribution in [0.2, 0.25) is 0 Å². The van der Waals surface area contributed by atoms with Crippen LogP contribution in [-0.2, 0) is 16.0 Å². The Bertz CT molecular complexity index is 549. The van der Waals surface area contributed by atoms with Gasteiger partial charge < -0.3 is 19.7 Å². The molecular weight excluding hydrogens is 290 g/mol. The molecule has 7 nitrogen and oxygen atoms in total. The molecule has 7 heteroatoms. The number of ether oxygens (including phenoxy) is 2. The molecule has 0 aliphatic heterocycles. The molecule has 0 heterocycles. The summed E-state index contributed by atoms with van der Waals surface area (Å²) in [5.41, 5.74) is 0.342. The van der Waals surface area contributed by atoms with E-state index in [9.17, 15) is 14.7 Å². The molecule has 122 valence electrons. The normalized spacial score (nSPS) is 12.4. The maximum atomic E-state index is 11.7. The molecule has 0 aliphatic carbocycles. The van der Waals surface area contributed by atoms with Gasteiger partial charge >= 0.3 is 12.1 Å². The Morgan fingerprint density at radius 1 is 1.32 bits per heavy atom. The van der Waals surface area contributed by atoms with Gasteiger partial charge in [-0.05, 0) is 38.5 Å². The van der Waals surface area contributed by atoms with Crippen LogP contribution in [0.1, 0.15) is 26.3 Å². The van der Waals surface area contributed by atoms with Gasteiger partial charge in [-0.3, -0.25) is 5.32 Å². The predicted molar refractivity (Wildman–Crippen MR) is 80.2 cm³/mol. The molecule has 0 saturated carbocycles. The van der Waals surface area contributed by atoms with Gasteiger partial charge in [0, 0.05) is 6.42 Å². The summed E-state index contributed by atoms with van der Waals surface area (Å²) >= 11 is 0. The summed E-state index contributed by atoms with van der Waals surface area (Å²) in [4.78, 5) is 22.4. The number of nitrogens with one attached hydrogen (secondary N) is 1. The predicted octanol–water partition coefficient (Wildman–Crippen LogP) is 2.03. The first-order chi connectivity index (χ1) is 10.1. The van der Waals surface area contributed by atoms with Crippen molar-refractivity contribution in [3.05, 3.63) is 23.8 Å². The number of anilines is 1. The van der Waals surface area contributed by atoms with Gasteiger partial charge in [0.15, 0.2) is 6.10 Å². The number of carboxylic acid groups (broad SMARTS) is 1. The topological polar surface area (TPSA) is 105 Å². The number of carbonyl (C=O) groups excluding carboxylic acids is 1. The van der Waals surface area contributed by atoms with E-state index in [2.05, 4.69) is 5.32 Å². The fraction of sp³-hybridized carbons (Fsp3) is 0.467. The molecule has 0 radical (unpaired) electrons. The minimum Gasteiger partial charge on any atom is -0.495 e. The summed E-state index contributed by atoms with van der Waals surface area (Å²) in [6, 6.07) is 4.72. The Morgan fingerprint density at radius 3 is 2.45 bits per heavy atom. The van der Waals surface area contributed by atoms with Crippen molar-refractivity contribution in [3.8, 4) is 5.75 Å². The smallest absolute Gasteiger partial charge is 0.412 e. The van der Waals surface area contributed by atoms with Crippen LogP contribution in [0.15, 0.2) is 18.2 Å². The van der Waals surface area contributed by atoms with Crippen LogP contribution in [0, 0.1) is 0 Å². The first kappa shape index (κ1) is 17.8. The highest BCUT2D eigenvalue weighted by Gasteiger charge is 2.18. The highest BCUT2D eigenvalue weighted by molar-refractivity contribution is 5.87. The van der Waals surface area contributed by atoms with Crippen molar-refractivity contribution < 1.29 is 29.3 Å². The second-order valence-corrected chi connectivity index (χ2v) is 5.72. The van der Waals surface area contributed by atoms with Gasteiger partial charge in [0.25, 0.3) is 0 Å². The fourth-order valence-electron chi connectivity index (χ4n) is 1.69. The van der Waals surface area contributed by atoms with Crippen molar-refractivity contribution >= 4 is 17.7 Å². The van der Waals surface area contributed by atoms with Crippen molar-refractivity contribution in [2.24, 2.45) is 0 Å². The van der Waals surface area contributed by atoms with E-state index in [-0.39, 0.29) is 6.42 Å². The molecule has 0 aliphatic rings. The van der Waals surface area contributed by atoms with Crippen LogP contribution >= 0.6 is 0 Å². The van der Waals surface area contributed by atoms with E-state index in [0.29, 0.717) is 17.0 Å². The molecule has 1 unspecified atom stereocenters. The standard InChI is InChI=1S/C15H21NO6/c1-15(2,3)22-14(20)16-10-6-5-9(8-12(10)21-4)7-11(17)13(18)19/h5-6,8,11,17H,7H2,1-4H3,(H,16,20)(H,18,19). The van der Waals surface area contributed by atoms with Crippen molar-refractivity contribution in [1.82, 2.24) is 0 Å². The number of carboxylic acids is 1. The lowest BCUT2D eigenvalue weighted by Crippen LogP contribution is -2.27. The van der Waals surface area contributed by atoms with Crippen LogP contribution in [0.3, 0.4) is 0 Å². The molecule has 0 aromatic heterocycles. The number of hydrogen-bond acceptors (Lipinski definition) is 5. The molecule has 1 atom stereocenters. The van der Waals surface area contributed by atoms with Gasteiger partial charge in [-0.1, -0.05) is 6.07 Å². The third-order valence-corrected chi connectivity index (χ3v) is 2.62. The monoisotopic (exact) mass is 311 g/mol. The number of benzene rings is 1. The van der Waals surface area contributed by atoms with Crippen molar-refractivity contribution in [1.29, 1.82) is 0 Å². The number of amides is 1. The van der Waals surface area contributed by atoms with E-state index in [1.54, 1.807) is 39.0 Å². The second-order valence-electron chi connectivity index (χ2n) is 5.72. The first-order valence-electron chi connectivity index (χ1n) is 6.70. The van der Waals surface area contributed by atoms with E-state index in [1.165, 1.54) is 7.11 Å². The summed E-state index contributed by atoms with van der Waals surface area (Å²) in [5.74, 6) is -0.948. The highest BCUT2D eigenvalue weighted by Crippen LogP contribution is 2.26.